The van der Waals surface area contributed by atoms with Gasteiger partial charge in [-0.05, 0) is 29.3 Å². The van der Waals surface area contributed by atoms with Crippen molar-refractivity contribution in [3.63, 3.8) is 0 Å². The van der Waals surface area contributed by atoms with Crippen molar-refractivity contribution in [2.45, 2.75) is 19.0 Å². The molecule has 0 fully saturated rings. The zero-order valence-corrected chi connectivity index (χ0v) is 13.9. The second-order valence-corrected chi connectivity index (χ2v) is 6.30. The van der Waals surface area contributed by atoms with Crippen LogP contribution in [-0.2, 0) is 17.8 Å². The monoisotopic (exact) mass is 328 g/mol. The summed E-state index contributed by atoms with van der Waals surface area (Å²) in [6.07, 6.45) is 0.729. The first-order valence-electron chi connectivity index (χ1n) is 8.56. The van der Waals surface area contributed by atoms with E-state index in [1.165, 1.54) is 5.56 Å². The van der Waals surface area contributed by atoms with Crippen LogP contribution in [-0.4, -0.2) is 11.9 Å². The average molecular weight is 328 g/mol. The Bertz CT molecular complexity index is 836. The van der Waals surface area contributed by atoms with Gasteiger partial charge in [-0.1, -0.05) is 66.7 Å². The number of carbonyl (C=O) groups excluding carboxylic acids is 1. The zero-order chi connectivity index (χ0) is 17.1. The highest BCUT2D eigenvalue weighted by atomic mass is 16.2. The molecule has 0 aliphatic carbocycles. The molecular weight excluding hydrogens is 308 g/mol. The quantitative estimate of drug-likeness (QED) is 0.776. The van der Waals surface area contributed by atoms with Crippen molar-refractivity contribution >= 4 is 17.3 Å². The maximum Gasteiger partial charge on any atom is 0.250 e. The Kier molecular flexibility index (Phi) is 4.21. The molecule has 3 nitrogen and oxygen atoms in total. The molecule has 1 aliphatic heterocycles. The van der Waals surface area contributed by atoms with E-state index in [1.54, 1.807) is 0 Å². The van der Waals surface area contributed by atoms with Gasteiger partial charge in [0.2, 0.25) is 5.91 Å². The van der Waals surface area contributed by atoms with Crippen LogP contribution in [0.5, 0.6) is 0 Å². The van der Waals surface area contributed by atoms with Crippen molar-refractivity contribution < 1.29 is 4.79 Å². The lowest BCUT2D eigenvalue weighted by Gasteiger charge is -2.26. The minimum atomic E-state index is -0.221. The minimum Gasteiger partial charge on any atom is -0.373 e. The van der Waals surface area contributed by atoms with Gasteiger partial charge in [0.1, 0.15) is 6.04 Å². The standard InChI is InChI=1S/C22H20N2O/c25-22(21-15-18-11-7-8-14-20(18)23-21)24(19-12-5-2-6-13-19)16-17-9-3-1-4-10-17/h1-14,21,23H,15-16H2/t21-/m0/s1. The first-order chi connectivity index (χ1) is 12.3. The minimum absolute atomic E-state index is 0.103. The van der Waals surface area contributed by atoms with Crippen LogP contribution in [0.15, 0.2) is 84.9 Å². The van der Waals surface area contributed by atoms with E-state index in [9.17, 15) is 4.79 Å². The summed E-state index contributed by atoms with van der Waals surface area (Å²) in [5.74, 6) is 0.103. The number of hydrogen-bond donors (Lipinski definition) is 1. The first kappa shape index (κ1) is 15.5. The summed E-state index contributed by atoms with van der Waals surface area (Å²) in [7, 11) is 0. The van der Waals surface area contributed by atoms with Crippen LogP contribution in [0, 0.1) is 0 Å². The lowest BCUT2D eigenvalue weighted by atomic mass is 10.1. The van der Waals surface area contributed by atoms with Gasteiger partial charge in [0.05, 0.1) is 6.54 Å². The van der Waals surface area contributed by atoms with Gasteiger partial charge < -0.3 is 10.2 Å². The number of para-hydroxylation sites is 2. The van der Waals surface area contributed by atoms with E-state index in [1.807, 2.05) is 71.6 Å². The summed E-state index contributed by atoms with van der Waals surface area (Å²) in [6, 6.07) is 27.9. The third-order valence-electron chi connectivity index (χ3n) is 4.59. The molecule has 1 heterocycles. The van der Waals surface area contributed by atoms with Gasteiger partial charge in [0.25, 0.3) is 0 Å². The van der Waals surface area contributed by atoms with Crippen molar-refractivity contribution in [1.82, 2.24) is 0 Å². The Hall–Kier alpha value is -3.07. The molecule has 3 aromatic rings. The molecular formula is C22H20N2O. The molecule has 1 N–H and O–H groups in total. The Labute approximate surface area is 147 Å². The number of nitrogens with zero attached hydrogens (tertiary/aromatic N) is 1. The summed E-state index contributed by atoms with van der Waals surface area (Å²) in [4.78, 5) is 15.2. The molecule has 1 aliphatic rings. The van der Waals surface area contributed by atoms with E-state index in [0.717, 1.165) is 23.4 Å². The highest BCUT2D eigenvalue weighted by Gasteiger charge is 2.30. The number of nitrogens with one attached hydrogen (secondary N) is 1. The lowest BCUT2D eigenvalue weighted by Crippen LogP contribution is -2.42. The molecule has 0 spiro atoms. The molecule has 25 heavy (non-hydrogen) atoms. The second kappa shape index (κ2) is 6.81. The molecule has 0 saturated heterocycles. The topological polar surface area (TPSA) is 32.3 Å². The third-order valence-corrected chi connectivity index (χ3v) is 4.59. The zero-order valence-electron chi connectivity index (χ0n) is 13.9. The molecule has 0 aromatic heterocycles. The Morgan fingerprint density at radius 3 is 2.24 bits per heavy atom. The molecule has 1 amide bonds. The second-order valence-electron chi connectivity index (χ2n) is 6.30. The fraction of sp³-hybridized carbons (Fsp3) is 0.136. The number of rotatable bonds is 4. The van der Waals surface area contributed by atoms with Gasteiger partial charge in [-0.15, -0.1) is 0 Å². The van der Waals surface area contributed by atoms with E-state index in [4.69, 9.17) is 0 Å². The molecule has 0 bridgehead atoms. The molecule has 0 radical (unpaired) electrons. The lowest BCUT2D eigenvalue weighted by molar-refractivity contribution is -0.119. The molecule has 0 unspecified atom stereocenters. The highest BCUT2D eigenvalue weighted by Crippen LogP contribution is 2.28. The van der Waals surface area contributed by atoms with Crippen LogP contribution >= 0.6 is 0 Å². The number of benzene rings is 3. The van der Waals surface area contributed by atoms with Crippen molar-refractivity contribution in [2.24, 2.45) is 0 Å². The fourth-order valence-corrected chi connectivity index (χ4v) is 3.31. The van der Waals surface area contributed by atoms with Crippen LogP contribution in [0.4, 0.5) is 11.4 Å². The predicted octanol–water partition coefficient (Wildman–Crippen LogP) is 4.26. The fourth-order valence-electron chi connectivity index (χ4n) is 3.31. The highest BCUT2D eigenvalue weighted by molar-refractivity contribution is 6.00. The first-order valence-corrected chi connectivity index (χ1v) is 8.56. The van der Waals surface area contributed by atoms with Gasteiger partial charge >= 0.3 is 0 Å². The van der Waals surface area contributed by atoms with Gasteiger partial charge in [-0.2, -0.15) is 0 Å². The molecule has 3 aromatic carbocycles. The average Bonchev–Trinajstić information content (AvgIpc) is 3.11. The van der Waals surface area contributed by atoms with E-state index in [2.05, 4.69) is 23.5 Å². The van der Waals surface area contributed by atoms with Crippen molar-refractivity contribution in [2.75, 3.05) is 10.2 Å². The van der Waals surface area contributed by atoms with Gasteiger partial charge in [0, 0.05) is 17.8 Å². The van der Waals surface area contributed by atoms with Crippen LogP contribution < -0.4 is 10.2 Å². The molecule has 1 atom stereocenters. The Balaban J connectivity index is 1.61. The molecule has 0 saturated carbocycles. The van der Waals surface area contributed by atoms with Gasteiger partial charge in [0.15, 0.2) is 0 Å². The Morgan fingerprint density at radius 1 is 0.880 bits per heavy atom. The summed E-state index contributed by atoms with van der Waals surface area (Å²) in [6.45, 7) is 0.568. The summed E-state index contributed by atoms with van der Waals surface area (Å²) in [5, 5.41) is 3.38. The van der Waals surface area contributed by atoms with Crippen molar-refractivity contribution in [3.8, 4) is 0 Å². The number of fused-ring (bicyclic) bond motifs is 1. The van der Waals surface area contributed by atoms with Gasteiger partial charge in [-0.3, -0.25) is 4.79 Å². The van der Waals surface area contributed by atoms with E-state index in [0.29, 0.717) is 6.54 Å². The van der Waals surface area contributed by atoms with E-state index in [-0.39, 0.29) is 11.9 Å². The predicted molar refractivity (Wildman–Crippen MR) is 102 cm³/mol. The molecule has 124 valence electrons. The summed E-state index contributed by atoms with van der Waals surface area (Å²) in [5.41, 5.74) is 4.31. The Morgan fingerprint density at radius 2 is 1.52 bits per heavy atom. The number of hydrogen-bond acceptors (Lipinski definition) is 2. The smallest absolute Gasteiger partial charge is 0.250 e. The van der Waals surface area contributed by atoms with Crippen LogP contribution in [0.1, 0.15) is 11.1 Å². The number of amides is 1. The van der Waals surface area contributed by atoms with Crippen molar-refractivity contribution in [3.05, 3.63) is 96.1 Å². The summed E-state index contributed by atoms with van der Waals surface area (Å²) >= 11 is 0. The molecule has 3 heteroatoms. The third kappa shape index (κ3) is 3.26. The van der Waals surface area contributed by atoms with Gasteiger partial charge in [-0.25, -0.2) is 0 Å². The normalized spacial score (nSPS) is 15.3. The van der Waals surface area contributed by atoms with E-state index < -0.39 is 0 Å². The van der Waals surface area contributed by atoms with Crippen LogP contribution in [0.2, 0.25) is 0 Å². The largest absolute Gasteiger partial charge is 0.373 e. The number of anilines is 2. The molecule has 4 rings (SSSR count). The van der Waals surface area contributed by atoms with Crippen LogP contribution in [0.25, 0.3) is 0 Å². The van der Waals surface area contributed by atoms with Crippen molar-refractivity contribution in [1.29, 1.82) is 0 Å². The summed E-state index contributed by atoms with van der Waals surface area (Å²) < 4.78 is 0. The number of carbonyl (C=O) groups is 1. The van der Waals surface area contributed by atoms with E-state index >= 15 is 0 Å². The van der Waals surface area contributed by atoms with Crippen LogP contribution in [0.3, 0.4) is 0 Å². The SMILES string of the molecule is O=C([C@@H]1Cc2ccccc2N1)N(Cc1ccccc1)c1ccccc1. The maximum atomic E-state index is 13.3. The maximum absolute atomic E-state index is 13.3.